The van der Waals surface area contributed by atoms with Crippen molar-refractivity contribution in [1.29, 1.82) is 0 Å². The molecule has 0 fully saturated rings. The summed E-state index contributed by atoms with van der Waals surface area (Å²) in [4.78, 5) is 11.2. The van der Waals surface area contributed by atoms with Crippen molar-refractivity contribution in [3.63, 3.8) is 0 Å². The first kappa shape index (κ1) is 12.9. The van der Waals surface area contributed by atoms with Crippen molar-refractivity contribution in [3.8, 4) is 0 Å². The standard InChI is InChI=1S/C10H9F3O2S/c1-15-9(14)8(16-10(11,12)13)7-5-3-2-4-6-7/h2-6,8H,1H3/t8-/m0/s1. The molecule has 0 heterocycles. The van der Waals surface area contributed by atoms with Crippen LogP contribution in [0.3, 0.4) is 0 Å². The maximum Gasteiger partial charge on any atom is 0.442 e. The van der Waals surface area contributed by atoms with E-state index < -0.39 is 16.7 Å². The minimum Gasteiger partial charge on any atom is -0.468 e. The highest BCUT2D eigenvalue weighted by Gasteiger charge is 2.37. The number of halogens is 3. The number of carbonyl (C=O) groups excluding carboxylic acids is 1. The molecule has 16 heavy (non-hydrogen) atoms. The summed E-state index contributed by atoms with van der Waals surface area (Å²) in [6, 6.07) is 7.72. The molecule has 0 aliphatic rings. The number of hydrogen-bond acceptors (Lipinski definition) is 3. The first-order valence-electron chi connectivity index (χ1n) is 4.31. The Kier molecular flexibility index (Phi) is 4.23. The summed E-state index contributed by atoms with van der Waals surface area (Å²) in [7, 11) is 1.06. The molecule has 1 atom stereocenters. The molecule has 1 aromatic rings. The van der Waals surface area contributed by atoms with Gasteiger partial charge >= 0.3 is 11.5 Å². The number of benzene rings is 1. The summed E-state index contributed by atoms with van der Waals surface area (Å²) < 4.78 is 41.1. The molecule has 0 aliphatic carbocycles. The first-order valence-corrected chi connectivity index (χ1v) is 5.19. The van der Waals surface area contributed by atoms with Gasteiger partial charge in [-0.15, -0.1) is 0 Å². The van der Waals surface area contributed by atoms with Crippen LogP contribution in [0.5, 0.6) is 0 Å². The van der Waals surface area contributed by atoms with Gasteiger partial charge in [0.05, 0.1) is 7.11 Å². The van der Waals surface area contributed by atoms with E-state index in [1.54, 1.807) is 18.2 Å². The molecule has 6 heteroatoms. The average Bonchev–Trinajstić information content (AvgIpc) is 2.25. The van der Waals surface area contributed by atoms with Gasteiger partial charge in [0.2, 0.25) is 0 Å². The van der Waals surface area contributed by atoms with Gasteiger partial charge in [-0.1, -0.05) is 30.3 Å². The molecule has 1 aromatic carbocycles. The highest BCUT2D eigenvalue weighted by atomic mass is 32.2. The molecule has 2 nitrogen and oxygen atoms in total. The van der Waals surface area contributed by atoms with Crippen molar-refractivity contribution in [2.45, 2.75) is 10.8 Å². The summed E-state index contributed by atoms with van der Waals surface area (Å²) in [5.41, 5.74) is -4.20. The van der Waals surface area contributed by atoms with Crippen molar-refractivity contribution in [3.05, 3.63) is 35.9 Å². The molecular formula is C10H9F3O2S. The third-order valence-electron chi connectivity index (χ3n) is 1.77. The van der Waals surface area contributed by atoms with E-state index in [9.17, 15) is 18.0 Å². The number of thioether (sulfide) groups is 1. The van der Waals surface area contributed by atoms with E-state index in [1.165, 1.54) is 12.1 Å². The normalized spacial score (nSPS) is 13.2. The van der Waals surface area contributed by atoms with Crippen molar-refractivity contribution in [2.24, 2.45) is 0 Å². The highest BCUT2D eigenvalue weighted by molar-refractivity contribution is 8.01. The Morgan fingerprint density at radius 1 is 1.31 bits per heavy atom. The maximum atomic E-state index is 12.2. The van der Waals surface area contributed by atoms with Crippen LogP contribution in [0.15, 0.2) is 30.3 Å². The lowest BCUT2D eigenvalue weighted by Gasteiger charge is -2.15. The molecule has 0 aromatic heterocycles. The number of hydrogen-bond donors (Lipinski definition) is 0. The van der Waals surface area contributed by atoms with Gasteiger partial charge in [-0.2, -0.15) is 13.2 Å². The lowest BCUT2D eigenvalue weighted by Crippen LogP contribution is -2.16. The van der Waals surface area contributed by atoms with Gasteiger partial charge in [0.25, 0.3) is 0 Å². The van der Waals surface area contributed by atoms with E-state index in [0.717, 1.165) is 7.11 Å². The fraction of sp³-hybridized carbons (Fsp3) is 0.300. The van der Waals surface area contributed by atoms with Gasteiger partial charge in [0.1, 0.15) is 5.25 Å². The second-order valence-corrected chi connectivity index (χ2v) is 4.05. The van der Waals surface area contributed by atoms with Crippen LogP contribution >= 0.6 is 11.8 Å². The first-order chi connectivity index (χ1) is 7.44. The summed E-state index contributed by atoms with van der Waals surface area (Å²) >= 11 is -0.387. The van der Waals surface area contributed by atoms with Crippen molar-refractivity contribution in [2.75, 3.05) is 7.11 Å². The lowest BCUT2D eigenvalue weighted by molar-refractivity contribution is -0.140. The zero-order valence-electron chi connectivity index (χ0n) is 8.32. The zero-order valence-corrected chi connectivity index (χ0v) is 9.14. The fourth-order valence-corrected chi connectivity index (χ4v) is 1.87. The number of alkyl halides is 3. The molecule has 88 valence electrons. The fourth-order valence-electron chi connectivity index (χ4n) is 1.12. The zero-order chi connectivity index (χ0) is 12.2. The molecule has 0 spiro atoms. The molecule has 0 saturated heterocycles. The monoisotopic (exact) mass is 250 g/mol. The average molecular weight is 250 g/mol. The predicted octanol–water partition coefficient (Wildman–Crippen LogP) is 3.15. The van der Waals surface area contributed by atoms with Crippen LogP contribution in [0.4, 0.5) is 13.2 Å². The summed E-state index contributed by atoms with van der Waals surface area (Å²) in [5.74, 6) is -0.909. The minimum absolute atomic E-state index is 0.275. The molecule has 0 bridgehead atoms. The van der Waals surface area contributed by atoms with E-state index in [0.29, 0.717) is 0 Å². The Hall–Kier alpha value is -1.17. The molecule has 0 aliphatic heterocycles. The van der Waals surface area contributed by atoms with Gasteiger partial charge in [0, 0.05) is 0 Å². The second kappa shape index (κ2) is 5.25. The Bertz CT molecular complexity index is 351. The van der Waals surface area contributed by atoms with Crippen LogP contribution in [-0.4, -0.2) is 18.6 Å². The summed E-state index contributed by atoms with van der Waals surface area (Å²) in [6.07, 6.45) is 0. The van der Waals surface area contributed by atoms with E-state index in [1.807, 2.05) is 0 Å². The molecule has 0 N–H and O–H groups in total. The van der Waals surface area contributed by atoms with E-state index >= 15 is 0 Å². The van der Waals surface area contributed by atoms with Crippen LogP contribution in [0.2, 0.25) is 0 Å². The minimum atomic E-state index is -4.48. The third-order valence-corrected chi connectivity index (χ3v) is 2.74. The number of ether oxygens (including phenoxy) is 1. The number of esters is 1. The van der Waals surface area contributed by atoms with Crippen LogP contribution < -0.4 is 0 Å². The maximum absolute atomic E-state index is 12.2. The second-order valence-electron chi connectivity index (χ2n) is 2.88. The SMILES string of the molecule is COC(=O)[C@@H](SC(F)(F)F)c1ccccc1. The number of carbonyl (C=O) groups is 1. The van der Waals surface area contributed by atoms with Crippen LogP contribution in [-0.2, 0) is 9.53 Å². The third kappa shape index (κ3) is 3.77. The van der Waals surface area contributed by atoms with Gasteiger partial charge in [-0.25, -0.2) is 0 Å². The van der Waals surface area contributed by atoms with E-state index in [-0.39, 0.29) is 17.3 Å². The molecule has 0 unspecified atom stereocenters. The quantitative estimate of drug-likeness (QED) is 0.771. The number of rotatable bonds is 3. The summed E-state index contributed by atoms with van der Waals surface area (Å²) in [6.45, 7) is 0. The van der Waals surface area contributed by atoms with Crippen molar-refractivity contribution < 1.29 is 22.7 Å². The molecule has 1 rings (SSSR count). The molecule has 0 amide bonds. The topological polar surface area (TPSA) is 26.3 Å². The lowest BCUT2D eigenvalue weighted by atomic mass is 10.1. The van der Waals surface area contributed by atoms with E-state index in [4.69, 9.17) is 0 Å². The Labute approximate surface area is 94.8 Å². The largest absolute Gasteiger partial charge is 0.468 e. The van der Waals surface area contributed by atoms with Gasteiger partial charge in [-0.05, 0) is 17.3 Å². The van der Waals surface area contributed by atoms with Gasteiger partial charge < -0.3 is 4.74 Å². The van der Waals surface area contributed by atoms with Gasteiger partial charge in [-0.3, -0.25) is 4.79 Å². The predicted molar refractivity (Wildman–Crippen MR) is 54.8 cm³/mol. The molecular weight excluding hydrogens is 241 g/mol. The smallest absolute Gasteiger partial charge is 0.442 e. The molecule has 0 saturated carbocycles. The van der Waals surface area contributed by atoms with Crippen molar-refractivity contribution >= 4 is 17.7 Å². The highest BCUT2D eigenvalue weighted by Crippen LogP contribution is 2.42. The Balaban J connectivity index is 2.93. The van der Waals surface area contributed by atoms with Gasteiger partial charge in [0.15, 0.2) is 0 Å². The number of methoxy groups -OCH3 is 1. The Morgan fingerprint density at radius 2 is 1.88 bits per heavy atom. The van der Waals surface area contributed by atoms with Crippen LogP contribution in [0.25, 0.3) is 0 Å². The summed E-state index contributed by atoms with van der Waals surface area (Å²) in [5, 5.41) is -1.37. The Morgan fingerprint density at radius 3 is 2.31 bits per heavy atom. The van der Waals surface area contributed by atoms with Crippen molar-refractivity contribution in [1.82, 2.24) is 0 Å². The van der Waals surface area contributed by atoms with Crippen LogP contribution in [0.1, 0.15) is 10.8 Å². The van der Waals surface area contributed by atoms with Crippen LogP contribution in [0, 0.1) is 0 Å². The molecule has 0 radical (unpaired) electrons. The van der Waals surface area contributed by atoms with E-state index in [2.05, 4.69) is 4.74 Å².